The van der Waals surface area contributed by atoms with E-state index in [2.05, 4.69) is 15.3 Å². The minimum atomic E-state index is -0.824. The zero-order chi connectivity index (χ0) is 13.1. The number of carbonyl (C=O) groups excluding carboxylic acids is 1. The van der Waals surface area contributed by atoms with Gasteiger partial charge in [-0.05, 0) is 24.6 Å². The standard InChI is InChI=1S/C12H11FN4O/c1-7-4-8(6-15-5-7)17-12(18)9-2-3-16-11(14)10(9)13/h2-6H,1H3,(H2,14,16)(H,17,18). The van der Waals surface area contributed by atoms with E-state index in [9.17, 15) is 9.18 Å². The van der Waals surface area contributed by atoms with Gasteiger partial charge in [-0.1, -0.05) is 0 Å². The Bertz CT molecular complexity index is 600. The summed E-state index contributed by atoms with van der Waals surface area (Å²) >= 11 is 0. The number of amides is 1. The number of pyridine rings is 2. The summed E-state index contributed by atoms with van der Waals surface area (Å²) in [7, 11) is 0. The molecule has 1 amide bonds. The van der Waals surface area contributed by atoms with Crippen molar-refractivity contribution in [1.29, 1.82) is 0 Å². The first-order valence-corrected chi connectivity index (χ1v) is 5.21. The van der Waals surface area contributed by atoms with E-state index in [0.29, 0.717) is 5.69 Å². The summed E-state index contributed by atoms with van der Waals surface area (Å²) in [6.45, 7) is 1.84. The lowest BCUT2D eigenvalue weighted by atomic mass is 10.2. The van der Waals surface area contributed by atoms with Gasteiger partial charge < -0.3 is 11.1 Å². The molecule has 2 aromatic heterocycles. The molecule has 0 spiro atoms. The molecule has 0 aromatic carbocycles. The molecule has 0 saturated heterocycles. The van der Waals surface area contributed by atoms with Gasteiger partial charge in [0, 0.05) is 12.4 Å². The van der Waals surface area contributed by atoms with E-state index >= 15 is 0 Å². The Morgan fingerprint density at radius 2 is 2.22 bits per heavy atom. The molecule has 0 unspecified atom stereocenters. The van der Waals surface area contributed by atoms with E-state index < -0.39 is 11.7 Å². The van der Waals surface area contributed by atoms with Crippen LogP contribution < -0.4 is 11.1 Å². The number of rotatable bonds is 2. The van der Waals surface area contributed by atoms with Crippen LogP contribution in [0.25, 0.3) is 0 Å². The Labute approximate surface area is 103 Å². The molecule has 0 radical (unpaired) electrons. The number of nitrogen functional groups attached to an aromatic ring is 1. The monoisotopic (exact) mass is 246 g/mol. The largest absolute Gasteiger partial charge is 0.381 e. The molecule has 2 rings (SSSR count). The molecule has 0 aliphatic carbocycles. The van der Waals surface area contributed by atoms with Crippen molar-refractivity contribution >= 4 is 17.4 Å². The maximum absolute atomic E-state index is 13.6. The molecule has 0 aliphatic heterocycles. The molecule has 2 heterocycles. The average Bonchev–Trinajstić information content (AvgIpc) is 2.32. The van der Waals surface area contributed by atoms with Crippen molar-refractivity contribution in [3.63, 3.8) is 0 Å². The number of hydrogen-bond donors (Lipinski definition) is 2. The van der Waals surface area contributed by atoms with Crippen LogP contribution >= 0.6 is 0 Å². The van der Waals surface area contributed by atoms with E-state index in [4.69, 9.17) is 5.73 Å². The predicted molar refractivity (Wildman–Crippen MR) is 65.5 cm³/mol. The van der Waals surface area contributed by atoms with Crippen molar-refractivity contribution in [2.45, 2.75) is 6.92 Å². The zero-order valence-electron chi connectivity index (χ0n) is 9.64. The van der Waals surface area contributed by atoms with E-state index in [-0.39, 0.29) is 11.4 Å². The molecule has 0 atom stereocenters. The number of nitrogens with one attached hydrogen (secondary N) is 1. The van der Waals surface area contributed by atoms with Crippen LogP contribution in [-0.4, -0.2) is 15.9 Å². The lowest BCUT2D eigenvalue weighted by Gasteiger charge is -2.06. The van der Waals surface area contributed by atoms with Crippen LogP contribution in [-0.2, 0) is 0 Å². The second-order valence-corrected chi connectivity index (χ2v) is 3.76. The number of nitrogens with two attached hydrogens (primary N) is 1. The summed E-state index contributed by atoms with van der Waals surface area (Å²) in [6.07, 6.45) is 4.41. The zero-order valence-corrected chi connectivity index (χ0v) is 9.64. The summed E-state index contributed by atoms with van der Waals surface area (Å²) in [5.74, 6) is -1.71. The molecule has 2 aromatic rings. The molecular weight excluding hydrogens is 235 g/mol. The predicted octanol–water partition coefficient (Wildman–Crippen LogP) is 1.76. The molecule has 6 heteroatoms. The van der Waals surface area contributed by atoms with E-state index in [1.807, 2.05) is 6.92 Å². The van der Waals surface area contributed by atoms with Crippen molar-refractivity contribution in [2.75, 3.05) is 11.1 Å². The minimum Gasteiger partial charge on any atom is -0.381 e. The molecule has 0 fully saturated rings. The summed E-state index contributed by atoms with van der Waals surface area (Å²) in [4.78, 5) is 19.3. The molecule has 0 bridgehead atoms. The number of anilines is 2. The number of hydrogen-bond acceptors (Lipinski definition) is 4. The lowest BCUT2D eigenvalue weighted by Crippen LogP contribution is -2.15. The number of halogens is 1. The summed E-state index contributed by atoms with van der Waals surface area (Å²) < 4.78 is 13.6. The third-order valence-corrected chi connectivity index (χ3v) is 2.29. The first kappa shape index (κ1) is 12.0. The van der Waals surface area contributed by atoms with Crippen molar-refractivity contribution < 1.29 is 9.18 Å². The number of aromatic nitrogens is 2. The Balaban J connectivity index is 2.25. The molecule has 0 aliphatic rings. The topological polar surface area (TPSA) is 80.9 Å². The lowest BCUT2D eigenvalue weighted by molar-refractivity contribution is 0.102. The highest BCUT2D eigenvalue weighted by molar-refractivity contribution is 6.04. The van der Waals surface area contributed by atoms with Crippen molar-refractivity contribution in [3.8, 4) is 0 Å². The molecule has 3 N–H and O–H groups in total. The first-order chi connectivity index (χ1) is 8.58. The fraction of sp³-hybridized carbons (Fsp3) is 0.0833. The normalized spacial score (nSPS) is 10.1. The van der Waals surface area contributed by atoms with Gasteiger partial charge in [-0.2, -0.15) is 0 Å². The highest BCUT2D eigenvalue weighted by Gasteiger charge is 2.14. The second kappa shape index (κ2) is 4.79. The van der Waals surface area contributed by atoms with Crippen LogP contribution in [0.5, 0.6) is 0 Å². The van der Waals surface area contributed by atoms with Gasteiger partial charge in [0.15, 0.2) is 11.6 Å². The van der Waals surface area contributed by atoms with Gasteiger partial charge in [0.1, 0.15) is 0 Å². The number of aryl methyl sites for hydroxylation is 1. The van der Waals surface area contributed by atoms with Gasteiger partial charge in [0.25, 0.3) is 5.91 Å². The fourth-order valence-electron chi connectivity index (χ4n) is 1.46. The van der Waals surface area contributed by atoms with Gasteiger partial charge in [-0.15, -0.1) is 0 Å². The highest BCUT2D eigenvalue weighted by atomic mass is 19.1. The number of carbonyl (C=O) groups is 1. The maximum atomic E-state index is 13.6. The smallest absolute Gasteiger partial charge is 0.258 e. The van der Waals surface area contributed by atoms with Crippen molar-refractivity contribution in [1.82, 2.24) is 9.97 Å². The van der Waals surface area contributed by atoms with Crippen LogP contribution in [0.4, 0.5) is 15.9 Å². The Morgan fingerprint density at radius 1 is 1.44 bits per heavy atom. The summed E-state index contributed by atoms with van der Waals surface area (Å²) in [5.41, 5.74) is 6.53. The molecule has 0 saturated carbocycles. The molecule has 18 heavy (non-hydrogen) atoms. The van der Waals surface area contributed by atoms with Crippen LogP contribution in [0.1, 0.15) is 15.9 Å². The molecular formula is C12H11FN4O. The molecule has 5 nitrogen and oxygen atoms in total. The molecule has 92 valence electrons. The summed E-state index contributed by atoms with van der Waals surface area (Å²) in [5, 5.41) is 2.54. The van der Waals surface area contributed by atoms with Gasteiger partial charge >= 0.3 is 0 Å². The fourth-order valence-corrected chi connectivity index (χ4v) is 1.46. The van der Waals surface area contributed by atoms with Crippen LogP contribution in [0, 0.1) is 12.7 Å². The van der Waals surface area contributed by atoms with Crippen LogP contribution in [0.3, 0.4) is 0 Å². The van der Waals surface area contributed by atoms with E-state index in [1.54, 1.807) is 12.3 Å². The Morgan fingerprint density at radius 3 is 2.94 bits per heavy atom. The third-order valence-electron chi connectivity index (χ3n) is 2.29. The van der Waals surface area contributed by atoms with Crippen LogP contribution in [0.2, 0.25) is 0 Å². The Kier molecular flexibility index (Phi) is 3.18. The van der Waals surface area contributed by atoms with E-state index in [1.165, 1.54) is 18.5 Å². The van der Waals surface area contributed by atoms with Gasteiger partial charge in [0.2, 0.25) is 0 Å². The van der Waals surface area contributed by atoms with E-state index in [0.717, 1.165) is 5.56 Å². The second-order valence-electron chi connectivity index (χ2n) is 3.76. The maximum Gasteiger partial charge on any atom is 0.258 e. The quantitative estimate of drug-likeness (QED) is 0.846. The minimum absolute atomic E-state index is 0.149. The highest BCUT2D eigenvalue weighted by Crippen LogP contribution is 2.14. The average molecular weight is 246 g/mol. The van der Waals surface area contributed by atoms with Crippen molar-refractivity contribution in [2.24, 2.45) is 0 Å². The third kappa shape index (κ3) is 2.42. The van der Waals surface area contributed by atoms with Crippen molar-refractivity contribution in [3.05, 3.63) is 47.7 Å². The summed E-state index contributed by atoms with van der Waals surface area (Å²) in [6, 6.07) is 3.00. The SMILES string of the molecule is Cc1cncc(NC(=O)c2ccnc(N)c2F)c1. The van der Waals surface area contributed by atoms with Gasteiger partial charge in [-0.25, -0.2) is 9.37 Å². The number of nitrogens with zero attached hydrogens (tertiary/aromatic N) is 2. The van der Waals surface area contributed by atoms with Gasteiger partial charge in [0.05, 0.1) is 17.4 Å². The Hall–Kier alpha value is -2.50. The van der Waals surface area contributed by atoms with Gasteiger partial charge in [-0.3, -0.25) is 9.78 Å². The first-order valence-electron chi connectivity index (χ1n) is 5.21. The van der Waals surface area contributed by atoms with Crippen LogP contribution in [0.15, 0.2) is 30.7 Å².